The van der Waals surface area contributed by atoms with E-state index in [1.54, 1.807) is 43.3 Å². The molecule has 0 aliphatic heterocycles. The van der Waals surface area contributed by atoms with Crippen LogP contribution in [0, 0.1) is 5.92 Å². The van der Waals surface area contributed by atoms with Crippen LogP contribution >= 0.6 is 31.9 Å². The fraction of sp³-hybridized carbons (Fsp3) is 0.333. The molecule has 1 atom stereocenters. The molecule has 3 aromatic carbocycles. The number of benzene rings is 3. The first kappa shape index (κ1) is 32.6. The minimum Gasteiger partial charge on any atom is -0.494 e. The number of carbonyl (C=O) groups is 2. The smallest absolute Gasteiger partial charge is 0.264 e. The third-order valence-corrected chi connectivity index (χ3v) is 9.02. The highest BCUT2D eigenvalue weighted by atomic mass is 79.9. The molecule has 0 aliphatic carbocycles. The van der Waals surface area contributed by atoms with Gasteiger partial charge >= 0.3 is 0 Å². The molecule has 0 radical (unpaired) electrons. The molecule has 220 valence electrons. The van der Waals surface area contributed by atoms with E-state index in [1.807, 2.05) is 45.0 Å². The molecule has 3 aromatic rings. The van der Waals surface area contributed by atoms with E-state index in [0.29, 0.717) is 24.6 Å². The van der Waals surface area contributed by atoms with Crippen LogP contribution < -0.4 is 14.4 Å². The van der Waals surface area contributed by atoms with Crippen LogP contribution in [0.4, 0.5) is 5.69 Å². The average molecular weight is 710 g/mol. The van der Waals surface area contributed by atoms with Crippen LogP contribution in [0.1, 0.15) is 33.3 Å². The first-order valence-electron chi connectivity index (χ1n) is 13.2. The Bertz CT molecular complexity index is 1430. The molecule has 0 fully saturated rings. The third-order valence-electron chi connectivity index (χ3n) is 6.21. The Morgan fingerprint density at radius 1 is 0.927 bits per heavy atom. The number of sulfonamides is 1. The van der Waals surface area contributed by atoms with Gasteiger partial charge in [0.2, 0.25) is 11.8 Å². The summed E-state index contributed by atoms with van der Waals surface area (Å²) < 4.78 is 36.0. The summed E-state index contributed by atoms with van der Waals surface area (Å²) in [5.74, 6) is -0.0287. The lowest BCUT2D eigenvalue weighted by Gasteiger charge is -2.32. The van der Waals surface area contributed by atoms with E-state index in [2.05, 4.69) is 37.2 Å². The minimum atomic E-state index is -4.16. The van der Waals surface area contributed by atoms with Crippen molar-refractivity contribution in [3.63, 3.8) is 0 Å². The van der Waals surface area contributed by atoms with E-state index in [9.17, 15) is 18.0 Å². The largest absolute Gasteiger partial charge is 0.494 e. The molecule has 41 heavy (non-hydrogen) atoms. The van der Waals surface area contributed by atoms with Gasteiger partial charge in [-0.2, -0.15) is 0 Å². The predicted octanol–water partition coefficient (Wildman–Crippen LogP) is 6.00. The summed E-state index contributed by atoms with van der Waals surface area (Å²) in [5.41, 5.74) is 1.09. The predicted molar refractivity (Wildman–Crippen MR) is 168 cm³/mol. The van der Waals surface area contributed by atoms with Gasteiger partial charge < -0.3 is 15.0 Å². The maximum atomic E-state index is 14.0. The summed E-state index contributed by atoms with van der Waals surface area (Å²) in [6.45, 7) is 7.99. The summed E-state index contributed by atoms with van der Waals surface area (Å²) in [4.78, 5) is 28.5. The zero-order valence-corrected chi connectivity index (χ0v) is 27.5. The number of amides is 2. The van der Waals surface area contributed by atoms with Gasteiger partial charge in [-0.1, -0.05) is 57.8 Å². The molecule has 0 spiro atoms. The van der Waals surface area contributed by atoms with Crippen molar-refractivity contribution in [2.75, 3.05) is 24.0 Å². The number of nitrogens with zero attached hydrogens (tertiary/aromatic N) is 2. The number of anilines is 1. The van der Waals surface area contributed by atoms with Crippen molar-refractivity contribution in [1.82, 2.24) is 10.2 Å². The molecule has 8 nitrogen and oxygen atoms in total. The Morgan fingerprint density at radius 2 is 1.59 bits per heavy atom. The van der Waals surface area contributed by atoms with Crippen molar-refractivity contribution in [3.05, 3.63) is 87.3 Å². The first-order chi connectivity index (χ1) is 19.4. The number of hydrogen-bond acceptors (Lipinski definition) is 5. The van der Waals surface area contributed by atoms with Crippen molar-refractivity contribution in [2.45, 2.75) is 45.2 Å². The lowest BCUT2D eigenvalue weighted by atomic mass is 10.1. The lowest BCUT2D eigenvalue weighted by molar-refractivity contribution is -0.139. The van der Waals surface area contributed by atoms with E-state index < -0.39 is 28.5 Å². The van der Waals surface area contributed by atoms with Gasteiger partial charge in [0.25, 0.3) is 10.0 Å². The van der Waals surface area contributed by atoms with E-state index in [4.69, 9.17) is 4.74 Å². The Balaban J connectivity index is 2.02. The highest BCUT2D eigenvalue weighted by Crippen LogP contribution is 2.27. The van der Waals surface area contributed by atoms with Crippen LogP contribution in [0.2, 0.25) is 0 Å². The Morgan fingerprint density at radius 3 is 2.17 bits per heavy atom. The van der Waals surface area contributed by atoms with E-state index in [0.717, 1.165) is 18.8 Å². The normalized spacial score (nSPS) is 12.1. The second kappa shape index (κ2) is 14.8. The summed E-state index contributed by atoms with van der Waals surface area (Å²) in [7, 11) is -4.16. The van der Waals surface area contributed by atoms with Crippen molar-refractivity contribution >= 4 is 59.4 Å². The summed E-state index contributed by atoms with van der Waals surface area (Å²) in [6, 6.07) is 19.3. The van der Waals surface area contributed by atoms with Crippen LogP contribution in [-0.2, 0) is 26.2 Å². The quantitative estimate of drug-likeness (QED) is 0.235. The minimum absolute atomic E-state index is 0.0312. The number of ether oxygens (including phenoxy) is 1. The lowest BCUT2D eigenvalue weighted by Crippen LogP contribution is -2.51. The highest BCUT2D eigenvalue weighted by Gasteiger charge is 2.32. The Kier molecular flexibility index (Phi) is 11.8. The maximum Gasteiger partial charge on any atom is 0.264 e. The molecule has 2 amide bonds. The van der Waals surface area contributed by atoms with Crippen molar-refractivity contribution in [2.24, 2.45) is 5.92 Å². The van der Waals surface area contributed by atoms with Crippen molar-refractivity contribution in [1.29, 1.82) is 0 Å². The number of halogens is 2. The zero-order chi connectivity index (χ0) is 30.2. The molecule has 0 aliphatic rings. The fourth-order valence-electron chi connectivity index (χ4n) is 4.00. The molecular formula is C30H35Br2N3O5S. The molecule has 0 aromatic heterocycles. The fourth-order valence-corrected chi connectivity index (χ4v) is 6.13. The second-order valence-electron chi connectivity index (χ2n) is 9.86. The third kappa shape index (κ3) is 9.05. The van der Waals surface area contributed by atoms with Crippen molar-refractivity contribution in [3.8, 4) is 5.75 Å². The summed E-state index contributed by atoms with van der Waals surface area (Å²) >= 11 is 6.80. The topological polar surface area (TPSA) is 96.0 Å². The van der Waals surface area contributed by atoms with Crippen LogP contribution in [-0.4, -0.2) is 50.9 Å². The Hall–Kier alpha value is -2.89. The molecule has 3 rings (SSSR count). The van der Waals surface area contributed by atoms with E-state index >= 15 is 0 Å². The Labute approximate surface area is 259 Å². The molecule has 0 unspecified atom stereocenters. The van der Waals surface area contributed by atoms with Crippen LogP contribution in [0.3, 0.4) is 0 Å². The van der Waals surface area contributed by atoms with Gasteiger partial charge in [0.1, 0.15) is 18.3 Å². The average Bonchev–Trinajstić information content (AvgIpc) is 2.93. The molecular weight excluding hydrogens is 674 g/mol. The van der Waals surface area contributed by atoms with Crippen LogP contribution in [0.15, 0.2) is 86.6 Å². The number of rotatable bonds is 13. The van der Waals surface area contributed by atoms with E-state index in [1.165, 1.54) is 17.0 Å². The molecule has 1 N–H and O–H groups in total. The standard InChI is InChI=1S/C30H35Br2N3O5S/c1-5-40-27-13-11-26(12-14-27)35(41(38,39)28-15-9-24(31)10-16-28)20-29(36)34(19-23-7-6-8-25(32)17-23)22(4)30(37)33-18-21(2)3/h6-17,21-22H,5,18-20H2,1-4H3,(H,33,37)/t22-/m0/s1. The number of hydrogen-bond donors (Lipinski definition) is 1. The molecule has 0 bridgehead atoms. The van der Waals surface area contributed by atoms with Gasteiger partial charge in [0.15, 0.2) is 0 Å². The van der Waals surface area contributed by atoms with E-state index in [-0.39, 0.29) is 23.3 Å². The summed E-state index contributed by atoms with van der Waals surface area (Å²) in [6.07, 6.45) is 0. The first-order valence-corrected chi connectivity index (χ1v) is 16.3. The van der Waals surface area contributed by atoms with Gasteiger partial charge in [-0.05, 0) is 86.0 Å². The van der Waals surface area contributed by atoms with Gasteiger partial charge in [0.05, 0.1) is 17.2 Å². The molecule has 0 heterocycles. The van der Waals surface area contributed by atoms with Crippen molar-refractivity contribution < 1.29 is 22.7 Å². The molecule has 11 heteroatoms. The molecule has 0 saturated carbocycles. The SMILES string of the molecule is CCOc1ccc(N(CC(=O)N(Cc2cccc(Br)c2)[C@@H](C)C(=O)NCC(C)C)S(=O)(=O)c2ccc(Br)cc2)cc1. The molecule has 0 saturated heterocycles. The zero-order valence-electron chi connectivity index (χ0n) is 23.5. The highest BCUT2D eigenvalue weighted by molar-refractivity contribution is 9.10. The van der Waals surface area contributed by atoms with Gasteiger partial charge in [-0.25, -0.2) is 8.42 Å². The number of nitrogens with one attached hydrogen (secondary N) is 1. The van der Waals surface area contributed by atoms with Gasteiger partial charge in [-0.3, -0.25) is 13.9 Å². The summed E-state index contributed by atoms with van der Waals surface area (Å²) in [5, 5.41) is 2.89. The monoisotopic (exact) mass is 707 g/mol. The maximum absolute atomic E-state index is 14.0. The second-order valence-corrected chi connectivity index (χ2v) is 13.6. The van der Waals surface area contributed by atoms with Gasteiger partial charge in [0, 0.05) is 22.0 Å². The van der Waals surface area contributed by atoms with Crippen LogP contribution in [0.5, 0.6) is 5.75 Å². The number of carbonyl (C=O) groups excluding carboxylic acids is 2. The van der Waals surface area contributed by atoms with Crippen LogP contribution in [0.25, 0.3) is 0 Å². The van der Waals surface area contributed by atoms with Gasteiger partial charge in [-0.15, -0.1) is 0 Å².